The van der Waals surface area contributed by atoms with Crippen LogP contribution in [0.25, 0.3) is 21.3 Å². The molecule has 1 aromatic carbocycles. The highest BCUT2D eigenvalue weighted by Crippen LogP contribution is 2.42. The Morgan fingerprint density at radius 1 is 1.29 bits per heavy atom. The van der Waals surface area contributed by atoms with Gasteiger partial charge < -0.3 is 21.9 Å². The number of amides is 1. The molecule has 2 heterocycles. The van der Waals surface area contributed by atoms with Gasteiger partial charge in [0.15, 0.2) is 0 Å². The van der Waals surface area contributed by atoms with Crippen LogP contribution in [0, 0.1) is 11.3 Å². The topological polar surface area (TPSA) is 141 Å². The second kappa shape index (κ2) is 5.72. The van der Waals surface area contributed by atoms with E-state index in [1.165, 1.54) is 0 Å². The number of ether oxygens (including phenoxy) is 1. The molecule has 3 aromatic rings. The summed E-state index contributed by atoms with van der Waals surface area (Å²) >= 11 is 1.06. The number of nitrogen functional groups attached to an aromatic ring is 2. The van der Waals surface area contributed by atoms with Crippen LogP contribution in [0.1, 0.15) is 15.2 Å². The largest absolute Gasteiger partial charge is 0.497 e. The summed E-state index contributed by atoms with van der Waals surface area (Å²) in [6.07, 6.45) is 0. The summed E-state index contributed by atoms with van der Waals surface area (Å²) in [6.45, 7) is 0. The molecule has 0 saturated heterocycles. The first-order valence-electron chi connectivity index (χ1n) is 6.83. The summed E-state index contributed by atoms with van der Waals surface area (Å²) in [4.78, 5) is 16.4. The molecule has 0 spiro atoms. The maximum atomic E-state index is 11.6. The van der Waals surface area contributed by atoms with Crippen LogP contribution >= 0.6 is 11.3 Å². The zero-order chi connectivity index (χ0) is 17.4. The molecule has 0 unspecified atom stereocenters. The van der Waals surface area contributed by atoms with E-state index >= 15 is 0 Å². The maximum Gasteiger partial charge on any atom is 0.260 e. The number of nitrogens with zero attached hydrogens (tertiary/aromatic N) is 2. The lowest BCUT2D eigenvalue weighted by Crippen LogP contribution is -2.10. The van der Waals surface area contributed by atoms with Crippen molar-refractivity contribution in [1.29, 1.82) is 5.26 Å². The number of methoxy groups -OCH3 is 1. The number of aromatic nitrogens is 1. The smallest absolute Gasteiger partial charge is 0.260 e. The number of rotatable bonds is 3. The fourth-order valence-corrected chi connectivity index (χ4v) is 3.48. The lowest BCUT2D eigenvalue weighted by Gasteiger charge is -2.10. The highest BCUT2D eigenvalue weighted by atomic mass is 32.1. The van der Waals surface area contributed by atoms with Crippen LogP contribution in [-0.2, 0) is 0 Å². The number of fused-ring (bicyclic) bond motifs is 1. The first kappa shape index (κ1) is 15.6. The monoisotopic (exact) mass is 339 g/mol. The number of thiophene rings is 1. The molecule has 3 rings (SSSR count). The van der Waals surface area contributed by atoms with Gasteiger partial charge in [-0.05, 0) is 17.7 Å². The van der Waals surface area contributed by atoms with Gasteiger partial charge in [0.05, 0.1) is 12.8 Å². The Balaban J connectivity index is 2.42. The van der Waals surface area contributed by atoms with Crippen LogP contribution in [0.15, 0.2) is 24.3 Å². The summed E-state index contributed by atoms with van der Waals surface area (Å²) in [5, 5.41) is 10.0. The van der Waals surface area contributed by atoms with Gasteiger partial charge in [-0.25, -0.2) is 4.98 Å². The van der Waals surface area contributed by atoms with E-state index in [1.54, 1.807) is 31.4 Å². The van der Waals surface area contributed by atoms with E-state index in [0.29, 0.717) is 27.1 Å². The standard InChI is InChI=1S/C16H13N5O2S/c1-23-8-4-2-7(3-5-8)10-9(6-17)14(19)21-16-11(10)12(18)13(24-16)15(20)22/h2-5H,18H2,1H3,(H2,19,21)(H2,20,22). The Bertz CT molecular complexity index is 1000. The Labute approximate surface area is 141 Å². The number of benzene rings is 1. The molecule has 0 radical (unpaired) electrons. The summed E-state index contributed by atoms with van der Waals surface area (Å²) in [7, 11) is 1.56. The van der Waals surface area contributed by atoms with Gasteiger partial charge in [-0.3, -0.25) is 4.79 Å². The minimum absolute atomic E-state index is 0.0769. The number of nitriles is 1. The maximum absolute atomic E-state index is 11.6. The van der Waals surface area contributed by atoms with Crippen molar-refractivity contribution in [2.75, 3.05) is 18.6 Å². The molecule has 0 fully saturated rings. The van der Waals surface area contributed by atoms with Crippen molar-refractivity contribution < 1.29 is 9.53 Å². The fourth-order valence-electron chi connectivity index (χ4n) is 2.51. The minimum Gasteiger partial charge on any atom is -0.497 e. The van der Waals surface area contributed by atoms with E-state index in [9.17, 15) is 10.1 Å². The number of pyridine rings is 1. The van der Waals surface area contributed by atoms with Crippen molar-refractivity contribution in [3.8, 4) is 22.9 Å². The number of nitrogens with two attached hydrogens (primary N) is 3. The third kappa shape index (κ3) is 2.28. The van der Waals surface area contributed by atoms with E-state index in [4.69, 9.17) is 21.9 Å². The molecule has 7 nitrogen and oxygen atoms in total. The second-order valence-electron chi connectivity index (χ2n) is 4.98. The number of anilines is 2. The molecule has 0 aliphatic heterocycles. The molecule has 0 bridgehead atoms. The van der Waals surface area contributed by atoms with Crippen LogP contribution in [0.3, 0.4) is 0 Å². The van der Waals surface area contributed by atoms with E-state index in [0.717, 1.165) is 11.3 Å². The fraction of sp³-hybridized carbons (Fsp3) is 0.0625. The average molecular weight is 339 g/mol. The molecule has 24 heavy (non-hydrogen) atoms. The number of carbonyl (C=O) groups is 1. The zero-order valence-electron chi connectivity index (χ0n) is 12.7. The molecule has 0 atom stereocenters. The molecule has 0 aliphatic rings. The first-order chi connectivity index (χ1) is 11.5. The van der Waals surface area contributed by atoms with Gasteiger partial charge in [0.2, 0.25) is 0 Å². The van der Waals surface area contributed by atoms with Gasteiger partial charge in [0.25, 0.3) is 5.91 Å². The zero-order valence-corrected chi connectivity index (χ0v) is 13.5. The van der Waals surface area contributed by atoms with E-state index in [2.05, 4.69) is 11.1 Å². The first-order valence-corrected chi connectivity index (χ1v) is 7.65. The molecule has 120 valence electrons. The van der Waals surface area contributed by atoms with Crippen LogP contribution in [0.4, 0.5) is 11.5 Å². The van der Waals surface area contributed by atoms with Crippen molar-refractivity contribution in [3.05, 3.63) is 34.7 Å². The summed E-state index contributed by atoms with van der Waals surface area (Å²) < 4.78 is 5.15. The molecule has 0 saturated carbocycles. The number of hydrogen-bond acceptors (Lipinski definition) is 7. The average Bonchev–Trinajstić information content (AvgIpc) is 2.90. The highest BCUT2D eigenvalue weighted by molar-refractivity contribution is 7.21. The SMILES string of the molecule is COc1ccc(-c2c(C#N)c(N)nc3sc(C(N)=O)c(N)c23)cc1. The Hall–Kier alpha value is -3.31. The van der Waals surface area contributed by atoms with Crippen molar-refractivity contribution in [3.63, 3.8) is 0 Å². The molecular weight excluding hydrogens is 326 g/mol. The predicted molar refractivity (Wildman–Crippen MR) is 93.7 cm³/mol. The molecule has 6 N–H and O–H groups in total. The van der Waals surface area contributed by atoms with E-state index in [1.807, 2.05) is 0 Å². The summed E-state index contributed by atoms with van der Waals surface area (Å²) in [6, 6.07) is 9.16. The quantitative estimate of drug-likeness (QED) is 0.667. The third-order valence-electron chi connectivity index (χ3n) is 3.62. The van der Waals surface area contributed by atoms with Gasteiger partial charge in [-0.2, -0.15) is 5.26 Å². The van der Waals surface area contributed by atoms with Gasteiger partial charge >= 0.3 is 0 Å². The number of carbonyl (C=O) groups excluding carboxylic acids is 1. The van der Waals surface area contributed by atoms with Gasteiger partial charge in [0, 0.05) is 10.9 Å². The van der Waals surface area contributed by atoms with Crippen molar-refractivity contribution >= 4 is 39.0 Å². The van der Waals surface area contributed by atoms with Crippen molar-refractivity contribution in [2.45, 2.75) is 0 Å². The lowest BCUT2D eigenvalue weighted by molar-refractivity contribution is 0.100. The van der Waals surface area contributed by atoms with E-state index < -0.39 is 5.91 Å². The second-order valence-corrected chi connectivity index (χ2v) is 5.98. The van der Waals surface area contributed by atoms with Crippen LogP contribution < -0.4 is 21.9 Å². The highest BCUT2D eigenvalue weighted by Gasteiger charge is 2.23. The summed E-state index contributed by atoms with van der Waals surface area (Å²) in [5.41, 5.74) is 19.0. The normalized spacial score (nSPS) is 10.5. The summed E-state index contributed by atoms with van der Waals surface area (Å²) in [5.74, 6) is 0.105. The Morgan fingerprint density at radius 2 is 1.96 bits per heavy atom. The molecule has 0 aliphatic carbocycles. The third-order valence-corrected chi connectivity index (χ3v) is 4.73. The van der Waals surface area contributed by atoms with Gasteiger partial charge in [0.1, 0.15) is 32.9 Å². The van der Waals surface area contributed by atoms with Crippen LogP contribution in [0.5, 0.6) is 5.75 Å². The minimum atomic E-state index is -0.645. The molecule has 2 aromatic heterocycles. The number of primary amides is 1. The van der Waals surface area contributed by atoms with Crippen molar-refractivity contribution in [2.24, 2.45) is 5.73 Å². The van der Waals surface area contributed by atoms with Crippen LogP contribution in [-0.4, -0.2) is 18.0 Å². The number of hydrogen-bond donors (Lipinski definition) is 3. The molecule has 8 heteroatoms. The molecular formula is C16H13N5O2S. The lowest BCUT2D eigenvalue weighted by atomic mass is 9.97. The predicted octanol–water partition coefficient (Wildman–Crippen LogP) is 2.11. The van der Waals surface area contributed by atoms with Crippen molar-refractivity contribution in [1.82, 2.24) is 4.98 Å². The van der Waals surface area contributed by atoms with E-state index in [-0.39, 0.29) is 21.9 Å². The van der Waals surface area contributed by atoms with Gasteiger partial charge in [-0.15, -0.1) is 11.3 Å². The van der Waals surface area contributed by atoms with Gasteiger partial charge in [-0.1, -0.05) is 12.1 Å². The molecule has 1 amide bonds. The Kier molecular flexibility index (Phi) is 3.71. The Morgan fingerprint density at radius 3 is 2.50 bits per heavy atom. The van der Waals surface area contributed by atoms with Crippen LogP contribution in [0.2, 0.25) is 0 Å².